The quantitative estimate of drug-likeness (QED) is 0.693. The van der Waals surface area contributed by atoms with Gasteiger partial charge in [0.2, 0.25) is 0 Å². The number of thioether (sulfide) groups is 1. The number of imidazole rings is 1. The van der Waals surface area contributed by atoms with Crippen molar-refractivity contribution in [2.24, 2.45) is 0 Å². The molecule has 1 aromatic carbocycles. The van der Waals surface area contributed by atoms with Crippen molar-refractivity contribution in [3.63, 3.8) is 0 Å². The molecule has 0 aliphatic heterocycles. The third kappa shape index (κ3) is 3.29. The van der Waals surface area contributed by atoms with E-state index >= 15 is 0 Å². The molecule has 2 aromatic rings. The van der Waals surface area contributed by atoms with Crippen LogP contribution in [-0.2, 0) is 6.54 Å². The molecule has 0 spiro atoms. The van der Waals surface area contributed by atoms with Crippen LogP contribution in [0.1, 0.15) is 32.0 Å². The maximum absolute atomic E-state index is 6.29. The van der Waals surface area contributed by atoms with E-state index < -0.39 is 0 Å². The highest BCUT2D eigenvalue weighted by atomic mass is 79.9. The van der Waals surface area contributed by atoms with E-state index in [9.17, 15) is 0 Å². The van der Waals surface area contributed by atoms with Gasteiger partial charge in [-0.25, -0.2) is 4.98 Å². The first-order valence-corrected chi connectivity index (χ1v) is 8.64. The first kappa shape index (κ1) is 15.2. The largest absolute Gasteiger partial charge is 0.325 e. The topological polar surface area (TPSA) is 17.8 Å². The minimum Gasteiger partial charge on any atom is -0.325 e. The molecule has 0 N–H and O–H groups in total. The minimum atomic E-state index is -0.0937. The molecule has 0 bridgehead atoms. The summed E-state index contributed by atoms with van der Waals surface area (Å²) < 4.78 is 3.44. The van der Waals surface area contributed by atoms with Crippen LogP contribution in [-0.4, -0.2) is 20.6 Å². The summed E-state index contributed by atoms with van der Waals surface area (Å²) in [4.78, 5) is 4.68. The SMILES string of the molecule is CSC(C)(C)Cn1c(C(C)Cl)nc2cc(Br)ccc21. The van der Waals surface area contributed by atoms with Crippen LogP contribution in [0.5, 0.6) is 0 Å². The zero-order chi connectivity index (χ0) is 14.2. The Kier molecular flexibility index (Phi) is 4.53. The molecule has 1 aromatic heterocycles. The fourth-order valence-corrected chi connectivity index (χ4v) is 2.81. The van der Waals surface area contributed by atoms with Crippen molar-refractivity contribution in [3.05, 3.63) is 28.5 Å². The smallest absolute Gasteiger partial charge is 0.127 e. The molecule has 104 valence electrons. The van der Waals surface area contributed by atoms with Crippen LogP contribution in [0.2, 0.25) is 0 Å². The van der Waals surface area contributed by atoms with Crippen molar-refractivity contribution >= 4 is 50.3 Å². The fourth-order valence-electron chi connectivity index (χ4n) is 2.04. The van der Waals surface area contributed by atoms with Crippen molar-refractivity contribution in [1.82, 2.24) is 9.55 Å². The molecule has 1 atom stereocenters. The number of hydrogen-bond donors (Lipinski definition) is 0. The Morgan fingerprint density at radius 1 is 1.47 bits per heavy atom. The summed E-state index contributed by atoms with van der Waals surface area (Å²) in [6.07, 6.45) is 2.14. The van der Waals surface area contributed by atoms with Crippen LogP contribution in [0.25, 0.3) is 11.0 Å². The van der Waals surface area contributed by atoms with Gasteiger partial charge in [-0.2, -0.15) is 11.8 Å². The average Bonchev–Trinajstić information content (AvgIpc) is 2.67. The van der Waals surface area contributed by atoms with Gasteiger partial charge in [0.25, 0.3) is 0 Å². The van der Waals surface area contributed by atoms with Gasteiger partial charge in [0.1, 0.15) is 5.82 Å². The monoisotopic (exact) mass is 360 g/mol. The normalized spacial score (nSPS) is 14.0. The number of nitrogens with zero attached hydrogens (tertiary/aromatic N) is 2. The molecule has 19 heavy (non-hydrogen) atoms. The Morgan fingerprint density at radius 3 is 2.74 bits per heavy atom. The van der Waals surface area contributed by atoms with E-state index in [0.29, 0.717) is 0 Å². The van der Waals surface area contributed by atoms with Crippen molar-refractivity contribution < 1.29 is 0 Å². The van der Waals surface area contributed by atoms with E-state index in [0.717, 1.165) is 27.9 Å². The van der Waals surface area contributed by atoms with Gasteiger partial charge in [0.05, 0.1) is 16.4 Å². The average molecular weight is 362 g/mol. The predicted molar refractivity (Wildman–Crippen MR) is 89.3 cm³/mol. The zero-order valence-corrected chi connectivity index (χ0v) is 14.7. The highest BCUT2D eigenvalue weighted by Gasteiger charge is 2.22. The molecule has 2 rings (SSSR count). The molecule has 0 amide bonds. The molecular weight excluding hydrogens is 344 g/mol. The summed E-state index contributed by atoms with van der Waals surface area (Å²) in [5, 5.41) is -0.0937. The van der Waals surface area contributed by atoms with E-state index in [1.54, 1.807) is 0 Å². The number of benzene rings is 1. The first-order valence-electron chi connectivity index (χ1n) is 6.19. The van der Waals surface area contributed by atoms with E-state index in [4.69, 9.17) is 11.6 Å². The maximum atomic E-state index is 6.29. The molecule has 5 heteroatoms. The first-order chi connectivity index (χ1) is 8.84. The van der Waals surface area contributed by atoms with Gasteiger partial charge >= 0.3 is 0 Å². The second-order valence-corrected chi connectivity index (χ2v) is 8.35. The summed E-state index contributed by atoms with van der Waals surface area (Å²) in [6.45, 7) is 7.36. The third-order valence-electron chi connectivity index (χ3n) is 3.19. The fraction of sp³-hybridized carbons (Fsp3) is 0.500. The van der Waals surface area contributed by atoms with Crippen LogP contribution in [0.15, 0.2) is 22.7 Å². The standard InChI is InChI=1S/C14H18BrClN2S/c1-9(16)13-17-11-7-10(15)5-6-12(11)18(13)8-14(2,3)19-4/h5-7,9H,8H2,1-4H3. The number of rotatable bonds is 4. The summed E-state index contributed by atoms with van der Waals surface area (Å²) in [7, 11) is 0. The van der Waals surface area contributed by atoms with Crippen molar-refractivity contribution in [3.8, 4) is 0 Å². The van der Waals surface area contributed by atoms with Gasteiger partial charge in [-0.05, 0) is 45.2 Å². The van der Waals surface area contributed by atoms with Crippen LogP contribution < -0.4 is 0 Å². The number of fused-ring (bicyclic) bond motifs is 1. The Morgan fingerprint density at radius 2 is 2.16 bits per heavy atom. The number of aromatic nitrogens is 2. The van der Waals surface area contributed by atoms with E-state index in [1.165, 1.54) is 0 Å². The van der Waals surface area contributed by atoms with Crippen LogP contribution >= 0.6 is 39.3 Å². The molecule has 2 nitrogen and oxygen atoms in total. The molecule has 0 aliphatic rings. The lowest BCUT2D eigenvalue weighted by Gasteiger charge is -2.24. The molecule has 0 saturated heterocycles. The van der Waals surface area contributed by atoms with Gasteiger partial charge in [-0.15, -0.1) is 11.6 Å². The maximum Gasteiger partial charge on any atom is 0.127 e. The second-order valence-electron chi connectivity index (χ2n) is 5.27. The highest BCUT2D eigenvalue weighted by molar-refractivity contribution is 9.10. The Hall–Kier alpha value is -0.190. The highest BCUT2D eigenvalue weighted by Crippen LogP contribution is 2.31. The van der Waals surface area contributed by atoms with Crippen molar-refractivity contribution in [1.29, 1.82) is 0 Å². The van der Waals surface area contributed by atoms with E-state index in [1.807, 2.05) is 24.8 Å². The van der Waals surface area contributed by atoms with Crippen molar-refractivity contribution in [2.45, 2.75) is 37.4 Å². The lowest BCUT2D eigenvalue weighted by Crippen LogP contribution is -2.23. The summed E-state index contributed by atoms with van der Waals surface area (Å²) in [5.74, 6) is 0.942. The Balaban J connectivity index is 2.59. The summed E-state index contributed by atoms with van der Waals surface area (Å²) >= 11 is 11.6. The van der Waals surface area contributed by atoms with Gasteiger partial charge in [-0.3, -0.25) is 0 Å². The lowest BCUT2D eigenvalue weighted by atomic mass is 10.2. The van der Waals surface area contributed by atoms with Gasteiger partial charge < -0.3 is 4.57 Å². The van der Waals surface area contributed by atoms with E-state index in [2.05, 4.69) is 57.7 Å². The molecule has 0 aliphatic carbocycles. The third-order valence-corrected chi connectivity index (χ3v) is 5.11. The second kappa shape index (κ2) is 5.66. The Labute approximate surface area is 132 Å². The number of alkyl halides is 1. The Bertz CT molecular complexity index is 592. The molecule has 1 unspecified atom stereocenters. The van der Waals surface area contributed by atoms with E-state index in [-0.39, 0.29) is 10.1 Å². The van der Waals surface area contributed by atoms with Gasteiger partial charge in [0.15, 0.2) is 0 Å². The van der Waals surface area contributed by atoms with Crippen LogP contribution in [0.4, 0.5) is 0 Å². The predicted octanol–water partition coefficient (Wildman–Crippen LogP) is 5.24. The van der Waals surface area contributed by atoms with Crippen LogP contribution in [0.3, 0.4) is 0 Å². The molecule has 0 radical (unpaired) electrons. The molecule has 0 fully saturated rings. The van der Waals surface area contributed by atoms with Crippen molar-refractivity contribution in [2.75, 3.05) is 6.26 Å². The van der Waals surface area contributed by atoms with Gasteiger partial charge in [-0.1, -0.05) is 15.9 Å². The molecule has 1 heterocycles. The lowest BCUT2D eigenvalue weighted by molar-refractivity contribution is 0.559. The van der Waals surface area contributed by atoms with Gasteiger partial charge in [0, 0.05) is 15.8 Å². The number of hydrogen-bond acceptors (Lipinski definition) is 2. The summed E-state index contributed by atoms with van der Waals surface area (Å²) in [6, 6.07) is 6.20. The zero-order valence-electron chi connectivity index (χ0n) is 11.6. The molecule has 0 saturated carbocycles. The van der Waals surface area contributed by atoms with Crippen LogP contribution in [0, 0.1) is 0 Å². The minimum absolute atomic E-state index is 0.0937. The summed E-state index contributed by atoms with van der Waals surface area (Å²) in [5.41, 5.74) is 2.14. The molecular formula is C14H18BrClN2S. The number of halogens is 2.